The number of hydrogen-bond acceptors (Lipinski definition) is 5. The molecule has 7 heteroatoms. The molecule has 2 aromatic rings. The molecule has 0 aliphatic heterocycles. The van der Waals surface area contributed by atoms with E-state index in [0.717, 1.165) is 11.1 Å². The second kappa shape index (κ2) is 6.35. The summed E-state index contributed by atoms with van der Waals surface area (Å²) in [4.78, 5) is 7.67. The molecule has 0 atom stereocenters. The second-order valence-electron chi connectivity index (χ2n) is 4.22. The van der Waals surface area contributed by atoms with Crippen LogP contribution in [0.15, 0.2) is 41.8 Å². The molecule has 6 nitrogen and oxygen atoms in total. The number of nitrogens with zero attached hydrogens (tertiary/aromatic N) is 2. The van der Waals surface area contributed by atoms with Gasteiger partial charge in [0.25, 0.3) is 10.0 Å². The van der Waals surface area contributed by atoms with Crippen molar-refractivity contribution in [2.75, 3.05) is 11.3 Å². The van der Waals surface area contributed by atoms with Gasteiger partial charge in [0, 0.05) is 5.56 Å². The second-order valence-corrected chi connectivity index (χ2v) is 5.90. The molecular weight excluding hydrogens is 288 g/mol. The van der Waals surface area contributed by atoms with E-state index in [1.54, 1.807) is 19.1 Å². The summed E-state index contributed by atoms with van der Waals surface area (Å²) in [6.07, 6.45) is 4.10. The first kappa shape index (κ1) is 15.0. The van der Waals surface area contributed by atoms with Gasteiger partial charge in [-0.1, -0.05) is 11.8 Å². The summed E-state index contributed by atoms with van der Waals surface area (Å²) >= 11 is 0. The van der Waals surface area contributed by atoms with Crippen LogP contribution in [0, 0.1) is 18.8 Å². The van der Waals surface area contributed by atoms with Crippen molar-refractivity contribution in [3.63, 3.8) is 0 Å². The molecule has 0 aliphatic rings. The molecule has 1 heterocycles. The monoisotopic (exact) mass is 302 g/mol. The van der Waals surface area contributed by atoms with E-state index in [-0.39, 0.29) is 11.4 Å². The molecule has 1 aromatic carbocycles. The van der Waals surface area contributed by atoms with E-state index < -0.39 is 10.0 Å². The van der Waals surface area contributed by atoms with Crippen LogP contribution in [0.5, 0.6) is 0 Å². The van der Waals surface area contributed by atoms with E-state index in [2.05, 4.69) is 26.5 Å². The molecule has 2 rings (SSSR count). The van der Waals surface area contributed by atoms with E-state index in [1.165, 1.54) is 24.8 Å². The van der Waals surface area contributed by atoms with E-state index in [4.69, 9.17) is 5.73 Å². The average Bonchev–Trinajstić information content (AvgIpc) is 2.46. The van der Waals surface area contributed by atoms with Crippen LogP contribution in [0.1, 0.15) is 11.1 Å². The number of sulfonamides is 1. The highest BCUT2D eigenvalue weighted by Crippen LogP contribution is 2.17. The van der Waals surface area contributed by atoms with Gasteiger partial charge in [-0.2, -0.15) is 0 Å². The summed E-state index contributed by atoms with van der Waals surface area (Å²) in [6, 6.07) is 4.72. The van der Waals surface area contributed by atoms with Gasteiger partial charge in [-0.05, 0) is 30.7 Å². The zero-order valence-corrected chi connectivity index (χ0v) is 12.2. The first-order valence-electron chi connectivity index (χ1n) is 6.10. The lowest BCUT2D eigenvalue weighted by Crippen LogP contribution is -2.13. The number of rotatable bonds is 3. The van der Waals surface area contributed by atoms with Crippen LogP contribution in [-0.2, 0) is 10.0 Å². The minimum atomic E-state index is -3.68. The third-order valence-corrected chi connectivity index (χ3v) is 4.03. The standard InChI is InChI=1S/C14H14N4O2S/c1-11-7-14(5-4-12(11)3-2-6-15)21(19,20)18-13-8-16-10-17-9-13/h4-5,7-10,18H,6,15H2,1H3. The fraction of sp³-hybridized carbons (Fsp3) is 0.143. The van der Waals surface area contributed by atoms with Gasteiger partial charge < -0.3 is 5.73 Å². The lowest BCUT2D eigenvalue weighted by atomic mass is 10.1. The summed E-state index contributed by atoms with van der Waals surface area (Å²) in [7, 11) is -3.68. The van der Waals surface area contributed by atoms with Crippen LogP contribution in [-0.4, -0.2) is 24.9 Å². The third-order valence-electron chi connectivity index (χ3n) is 2.65. The van der Waals surface area contributed by atoms with E-state index in [1.807, 2.05) is 0 Å². The third kappa shape index (κ3) is 3.78. The van der Waals surface area contributed by atoms with E-state index in [0.29, 0.717) is 5.69 Å². The molecule has 0 saturated carbocycles. The van der Waals surface area contributed by atoms with Crippen molar-refractivity contribution in [1.82, 2.24) is 9.97 Å². The number of hydrogen-bond donors (Lipinski definition) is 2. The van der Waals surface area contributed by atoms with Crippen LogP contribution in [0.25, 0.3) is 0 Å². The average molecular weight is 302 g/mol. The lowest BCUT2D eigenvalue weighted by Gasteiger charge is -2.08. The van der Waals surface area contributed by atoms with Crippen LogP contribution >= 0.6 is 0 Å². The van der Waals surface area contributed by atoms with Crippen LogP contribution in [0.2, 0.25) is 0 Å². The minimum Gasteiger partial charge on any atom is -0.320 e. The highest BCUT2D eigenvalue weighted by atomic mass is 32.2. The Morgan fingerprint density at radius 2 is 2.00 bits per heavy atom. The summed E-state index contributed by atoms with van der Waals surface area (Å²) in [5, 5.41) is 0. The topological polar surface area (TPSA) is 98.0 Å². The number of benzene rings is 1. The maximum absolute atomic E-state index is 12.3. The minimum absolute atomic E-state index is 0.155. The fourth-order valence-electron chi connectivity index (χ4n) is 1.66. The Kier molecular flexibility index (Phi) is 4.52. The molecule has 0 radical (unpaired) electrons. The zero-order valence-electron chi connectivity index (χ0n) is 11.4. The number of nitrogens with one attached hydrogen (secondary N) is 1. The number of anilines is 1. The highest BCUT2D eigenvalue weighted by molar-refractivity contribution is 7.92. The van der Waals surface area contributed by atoms with Crippen LogP contribution < -0.4 is 10.5 Å². The highest BCUT2D eigenvalue weighted by Gasteiger charge is 2.15. The van der Waals surface area contributed by atoms with Crippen molar-refractivity contribution < 1.29 is 8.42 Å². The Balaban J connectivity index is 2.31. The van der Waals surface area contributed by atoms with E-state index in [9.17, 15) is 8.42 Å². The van der Waals surface area contributed by atoms with Crippen molar-refractivity contribution >= 4 is 15.7 Å². The van der Waals surface area contributed by atoms with Crippen LogP contribution in [0.3, 0.4) is 0 Å². The van der Waals surface area contributed by atoms with Crippen LogP contribution in [0.4, 0.5) is 5.69 Å². The van der Waals surface area contributed by atoms with Gasteiger partial charge in [-0.15, -0.1) is 0 Å². The quantitative estimate of drug-likeness (QED) is 0.821. The Morgan fingerprint density at radius 1 is 1.29 bits per heavy atom. The maximum atomic E-state index is 12.3. The smallest absolute Gasteiger partial charge is 0.262 e. The summed E-state index contributed by atoms with van der Waals surface area (Å²) in [5.74, 6) is 5.63. The first-order chi connectivity index (χ1) is 10.0. The van der Waals surface area contributed by atoms with E-state index >= 15 is 0 Å². The normalized spacial score (nSPS) is 10.6. The van der Waals surface area contributed by atoms with Gasteiger partial charge in [-0.25, -0.2) is 18.4 Å². The zero-order chi connectivity index (χ0) is 15.3. The Labute approximate surface area is 123 Å². The Bertz CT molecular complexity index is 793. The van der Waals surface area contributed by atoms with Gasteiger partial charge >= 0.3 is 0 Å². The molecule has 21 heavy (non-hydrogen) atoms. The predicted molar refractivity (Wildman–Crippen MR) is 80.0 cm³/mol. The molecule has 0 saturated heterocycles. The first-order valence-corrected chi connectivity index (χ1v) is 7.58. The van der Waals surface area contributed by atoms with Crippen molar-refractivity contribution in [2.24, 2.45) is 5.73 Å². The SMILES string of the molecule is Cc1cc(S(=O)(=O)Nc2cncnc2)ccc1C#CCN. The number of aryl methyl sites for hydroxylation is 1. The molecule has 1 aromatic heterocycles. The molecule has 0 aliphatic carbocycles. The van der Waals surface area contributed by atoms with Gasteiger partial charge in [0.05, 0.1) is 29.5 Å². The van der Waals surface area contributed by atoms with Crippen molar-refractivity contribution in [2.45, 2.75) is 11.8 Å². The summed E-state index contributed by atoms with van der Waals surface area (Å²) < 4.78 is 26.9. The maximum Gasteiger partial charge on any atom is 0.262 e. The largest absolute Gasteiger partial charge is 0.320 e. The summed E-state index contributed by atoms with van der Waals surface area (Å²) in [6.45, 7) is 2.06. The van der Waals surface area contributed by atoms with Gasteiger partial charge in [0.15, 0.2) is 0 Å². The number of nitrogens with two attached hydrogens (primary N) is 1. The molecule has 0 amide bonds. The fourth-order valence-corrected chi connectivity index (χ4v) is 2.77. The molecule has 0 bridgehead atoms. The predicted octanol–water partition coefficient (Wildman–Crippen LogP) is 0.896. The molecule has 108 valence electrons. The van der Waals surface area contributed by atoms with Gasteiger partial charge in [0.1, 0.15) is 6.33 Å². The summed E-state index contributed by atoms with van der Waals surface area (Å²) in [5.41, 5.74) is 7.15. The lowest BCUT2D eigenvalue weighted by molar-refractivity contribution is 0.601. The van der Waals surface area contributed by atoms with Gasteiger partial charge in [-0.3, -0.25) is 4.72 Å². The van der Waals surface area contributed by atoms with Gasteiger partial charge in [0.2, 0.25) is 0 Å². The van der Waals surface area contributed by atoms with Crippen molar-refractivity contribution in [3.8, 4) is 11.8 Å². The molecule has 0 spiro atoms. The molecular formula is C14H14N4O2S. The number of aromatic nitrogens is 2. The van der Waals surface area contributed by atoms with Crippen molar-refractivity contribution in [1.29, 1.82) is 0 Å². The Hall–Kier alpha value is -2.43. The molecule has 0 unspecified atom stereocenters. The Morgan fingerprint density at radius 3 is 2.62 bits per heavy atom. The molecule has 3 N–H and O–H groups in total. The molecule has 0 fully saturated rings. The van der Waals surface area contributed by atoms with Crippen molar-refractivity contribution in [3.05, 3.63) is 48.0 Å².